The lowest BCUT2D eigenvalue weighted by molar-refractivity contribution is 0.233. The summed E-state index contributed by atoms with van der Waals surface area (Å²) in [4.78, 5) is 0. The van der Waals surface area contributed by atoms with Crippen molar-refractivity contribution >= 4 is 11.6 Å². The SMILES string of the molecule is O[C@H](CCl)C1=CC=CC1. The van der Waals surface area contributed by atoms with Gasteiger partial charge in [0.1, 0.15) is 0 Å². The standard InChI is InChI=1S/C7H9ClO/c8-5-7(9)6-3-1-2-4-6/h1-3,7,9H,4-5H2/t7-/m1/s1. The number of aliphatic hydroxyl groups is 1. The van der Waals surface area contributed by atoms with Crippen molar-refractivity contribution in [2.45, 2.75) is 12.5 Å². The molecule has 1 N–H and O–H groups in total. The molecule has 0 bridgehead atoms. The Morgan fingerprint density at radius 3 is 3.00 bits per heavy atom. The molecule has 0 spiro atoms. The number of hydrogen-bond donors (Lipinski definition) is 1. The average Bonchev–Trinajstić information content (AvgIpc) is 2.37. The van der Waals surface area contributed by atoms with Crippen molar-refractivity contribution in [2.75, 3.05) is 5.88 Å². The van der Waals surface area contributed by atoms with Crippen LogP contribution in [-0.4, -0.2) is 17.1 Å². The second kappa shape index (κ2) is 3.04. The van der Waals surface area contributed by atoms with Gasteiger partial charge in [0.25, 0.3) is 0 Å². The summed E-state index contributed by atoms with van der Waals surface area (Å²) >= 11 is 5.41. The topological polar surface area (TPSA) is 20.2 Å². The van der Waals surface area contributed by atoms with Gasteiger partial charge in [-0.2, -0.15) is 0 Å². The number of alkyl halides is 1. The maximum absolute atomic E-state index is 9.12. The van der Waals surface area contributed by atoms with Crippen LogP contribution in [0.5, 0.6) is 0 Å². The molecule has 9 heavy (non-hydrogen) atoms. The highest BCUT2D eigenvalue weighted by atomic mass is 35.5. The molecule has 1 nitrogen and oxygen atoms in total. The van der Waals surface area contributed by atoms with Crippen molar-refractivity contribution in [1.82, 2.24) is 0 Å². The number of aliphatic hydroxyl groups excluding tert-OH is 1. The number of hydrogen-bond acceptors (Lipinski definition) is 1. The molecule has 1 aliphatic carbocycles. The lowest BCUT2D eigenvalue weighted by atomic mass is 10.1. The van der Waals surface area contributed by atoms with Crippen LogP contribution >= 0.6 is 11.6 Å². The van der Waals surface area contributed by atoms with Gasteiger partial charge >= 0.3 is 0 Å². The number of allylic oxidation sites excluding steroid dienone is 3. The Morgan fingerprint density at radius 2 is 2.56 bits per heavy atom. The Labute approximate surface area is 59.6 Å². The Balaban J connectivity index is 2.45. The summed E-state index contributed by atoms with van der Waals surface area (Å²) in [6.07, 6.45) is 6.26. The van der Waals surface area contributed by atoms with Gasteiger partial charge in [-0.1, -0.05) is 18.2 Å². The Bertz CT molecular complexity index is 149. The van der Waals surface area contributed by atoms with Crippen molar-refractivity contribution in [2.24, 2.45) is 0 Å². The Morgan fingerprint density at radius 1 is 1.78 bits per heavy atom. The lowest BCUT2D eigenvalue weighted by Crippen LogP contribution is -2.09. The van der Waals surface area contributed by atoms with Crippen molar-refractivity contribution in [3.05, 3.63) is 23.8 Å². The first-order valence-electron chi connectivity index (χ1n) is 2.94. The van der Waals surface area contributed by atoms with Crippen LogP contribution in [0.2, 0.25) is 0 Å². The Kier molecular flexibility index (Phi) is 2.31. The van der Waals surface area contributed by atoms with E-state index in [2.05, 4.69) is 0 Å². The van der Waals surface area contributed by atoms with E-state index in [0.717, 1.165) is 12.0 Å². The van der Waals surface area contributed by atoms with Gasteiger partial charge in [0.2, 0.25) is 0 Å². The number of rotatable bonds is 2. The predicted molar refractivity (Wildman–Crippen MR) is 38.6 cm³/mol. The van der Waals surface area contributed by atoms with Gasteiger partial charge in [0.05, 0.1) is 12.0 Å². The minimum absolute atomic E-state index is 0.299. The van der Waals surface area contributed by atoms with Crippen molar-refractivity contribution in [1.29, 1.82) is 0 Å². The molecule has 0 fully saturated rings. The highest BCUT2D eigenvalue weighted by molar-refractivity contribution is 6.18. The third-order valence-electron chi connectivity index (χ3n) is 1.37. The second-order valence-electron chi connectivity index (χ2n) is 2.04. The molecule has 1 rings (SSSR count). The van der Waals surface area contributed by atoms with Crippen molar-refractivity contribution < 1.29 is 5.11 Å². The summed E-state index contributed by atoms with van der Waals surface area (Å²) in [7, 11) is 0. The fourth-order valence-corrected chi connectivity index (χ4v) is 1.01. The van der Waals surface area contributed by atoms with Gasteiger partial charge in [-0.15, -0.1) is 11.6 Å². The quantitative estimate of drug-likeness (QED) is 0.582. The van der Waals surface area contributed by atoms with Crippen LogP contribution < -0.4 is 0 Å². The van der Waals surface area contributed by atoms with E-state index in [4.69, 9.17) is 16.7 Å². The van der Waals surface area contributed by atoms with E-state index in [1.165, 1.54) is 0 Å². The zero-order valence-corrected chi connectivity index (χ0v) is 5.80. The van der Waals surface area contributed by atoms with Gasteiger partial charge in [-0.05, 0) is 12.0 Å². The summed E-state index contributed by atoms with van der Waals surface area (Å²) < 4.78 is 0. The molecule has 0 aromatic heterocycles. The maximum Gasteiger partial charge on any atom is 0.0891 e. The zero-order chi connectivity index (χ0) is 6.69. The molecule has 0 aromatic rings. The fourth-order valence-electron chi connectivity index (χ4n) is 0.810. The van der Waals surface area contributed by atoms with Gasteiger partial charge in [-0.3, -0.25) is 0 Å². The summed E-state index contributed by atoms with van der Waals surface area (Å²) in [6, 6.07) is 0. The van der Waals surface area contributed by atoms with Crippen molar-refractivity contribution in [3.63, 3.8) is 0 Å². The summed E-state index contributed by atoms with van der Waals surface area (Å²) in [5.74, 6) is 0.299. The molecule has 0 amide bonds. The molecule has 0 heterocycles. The smallest absolute Gasteiger partial charge is 0.0891 e. The number of halogens is 1. The van der Waals surface area contributed by atoms with Gasteiger partial charge < -0.3 is 5.11 Å². The molecule has 0 aromatic carbocycles. The van der Waals surface area contributed by atoms with E-state index in [0.29, 0.717) is 5.88 Å². The van der Waals surface area contributed by atoms with E-state index in [1.807, 2.05) is 18.2 Å². The minimum atomic E-state index is -0.443. The highest BCUT2D eigenvalue weighted by Crippen LogP contribution is 2.14. The van der Waals surface area contributed by atoms with E-state index >= 15 is 0 Å². The van der Waals surface area contributed by atoms with E-state index in [-0.39, 0.29) is 0 Å². The van der Waals surface area contributed by atoms with E-state index in [1.54, 1.807) is 0 Å². The molecular weight excluding hydrogens is 136 g/mol. The summed E-state index contributed by atoms with van der Waals surface area (Å²) in [5.41, 5.74) is 1.02. The van der Waals surface area contributed by atoms with Gasteiger partial charge in [0, 0.05) is 0 Å². The highest BCUT2D eigenvalue weighted by Gasteiger charge is 2.08. The fraction of sp³-hybridized carbons (Fsp3) is 0.429. The van der Waals surface area contributed by atoms with Gasteiger partial charge in [-0.25, -0.2) is 0 Å². The maximum atomic E-state index is 9.12. The molecule has 0 radical (unpaired) electrons. The first-order valence-corrected chi connectivity index (χ1v) is 3.47. The predicted octanol–water partition coefficient (Wildman–Crippen LogP) is 1.47. The van der Waals surface area contributed by atoms with Crippen LogP contribution in [0.3, 0.4) is 0 Å². The van der Waals surface area contributed by atoms with Crippen LogP contribution in [-0.2, 0) is 0 Å². The monoisotopic (exact) mass is 144 g/mol. The molecule has 1 aliphatic rings. The van der Waals surface area contributed by atoms with Crippen LogP contribution in [0.4, 0.5) is 0 Å². The third-order valence-corrected chi connectivity index (χ3v) is 1.67. The first-order chi connectivity index (χ1) is 4.34. The first kappa shape index (κ1) is 6.84. The normalized spacial score (nSPS) is 20.0. The zero-order valence-electron chi connectivity index (χ0n) is 5.05. The van der Waals surface area contributed by atoms with Crippen LogP contribution in [0.15, 0.2) is 23.8 Å². The molecule has 0 saturated heterocycles. The summed E-state index contributed by atoms with van der Waals surface area (Å²) in [5, 5.41) is 9.12. The van der Waals surface area contributed by atoms with Crippen LogP contribution in [0, 0.1) is 0 Å². The average molecular weight is 145 g/mol. The second-order valence-corrected chi connectivity index (χ2v) is 2.35. The van der Waals surface area contributed by atoms with Crippen LogP contribution in [0.1, 0.15) is 6.42 Å². The van der Waals surface area contributed by atoms with Gasteiger partial charge in [0.15, 0.2) is 0 Å². The van der Waals surface area contributed by atoms with E-state index < -0.39 is 6.10 Å². The summed E-state index contributed by atoms with van der Waals surface area (Å²) in [6.45, 7) is 0. The molecule has 50 valence electrons. The molecule has 0 unspecified atom stereocenters. The van der Waals surface area contributed by atoms with Crippen LogP contribution in [0.25, 0.3) is 0 Å². The lowest BCUT2D eigenvalue weighted by Gasteiger charge is -2.05. The van der Waals surface area contributed by atoms with Crippen molar-refractivity contribution in [3.8, 4) is 0 Å². The Hall–Kier alpha value is -0.270. The minimum Gasteiger partial charge on any atom is -0.387 e. The molecule has 0 saturated carbocycles. The third kappa shape index (κ3) is 1.57. The molecule has 1 atom stereocenters. The molecule has 2 heteroatoms. The largest absolute Gasteiger partial charge is 0.387 e. The van der Waals surface area contributed by atoms with E-state index in [9.17, 15) is 0 Å². The molecular formula is C7H9ClO. The molecule has 0 aliphatic heterocycles.